The third-order valence-corrected chi connectivity index (χ3v) is 6.08. The van der Waals surface area contributed by atoms with Crippen molar-refractivity contribution < 1.29 is 4.74 Å². The Morgan fingerprint density at radius 2 is 1.71 bits per heavy atom. The van der Waals surface area contributed by atoms with E-state index in [2.05, 4.69) is 65.0 Å². The van der Waals surface area contributed by atoms with E-state index in [-0.39, 0.29) is 12.2 Å². The minimum absolute atomic E-state index is 0.277. The maximum atomic E-state index is 5.96. The number of anilines is 1. The van der Waals surface area contributed by atoms with E-state index >= 15 is 0 Å². The summed E-state index contributed by atoms with van der Waals surface area (Å²) in [6.07, 6.45) is 9.58. The van der Waals surface area contributed by atoms with Crippen molar-refractivity contribution in [1.82, 2.24) is 9.88 Å². The number of pyridine rings is 1. The van der Waals surface area contributed by atoms with Gasteiger partial charge in [-0.25, -0.2) is 0 Å². The molecule has 3 unspecified atom stereocenters. The van der Waals surface area contributed by atoms with E-state index in [1.54, 1.807) is 0 Å². The molecule has 2 fully saturated rings. The van der Waals surface area contributed by atoms with E-state index in [0.29, 0.717) is 6.04 Å². The standard InChI is InChI=1S/C24H33N3O/c1-19-16-27(17-20(2)28-19)24-10-6-5-8-22(24)18-26-15-7-3-4-9-23(26)21-11-13-25-14-12-21/h5-6,8,10-14,19-20,23H,3-4,7,9,15-18H2,1-2H3. The van der Waals surface area contributed by atoms with Crippen molar-refractivity contribution in [3.63, 3.8) is 0 Å². The van der Waals surface area contributed by atoms with E-state index in [0.717, 1.165) is 26.2 Å². The number of hydrogen-bond donors (Lipinski definition) is 0. The monoisotopic (exact) mass is 379 g/mol. The second kappa shape index (κ2) is 9.06. The van der Waals surface area contributed by atoms with Crippen LogP contribution in [0.2, 0.25) is 0 Å². The van der Waals surface area contributed by atoms with Crippen LogP contribution in [0, 0.1) is 0 Å². The molecule has 2 aliphatic rings. The molecule has 0 bridgehead atoms. The average Bonchev–Trinajstić information content (AvgIpc) is 2.94. The summed E-state index contributed by atoms with van der Waals surface area (Å²) in [4.78, 5) is 9.44. The molecule has 0 aliphatic carbocycles. The molecule has 0 amide bonds. The molecule has 3 atom stereocenters. The molecule has 4 nitrogen and oxygen atoms in total. The molecular weight excluding hydrogens is 346 g/mol. The molecule has 4 heteroatoms. The van der Waals surface area contributed by atoms with Gasteiger partial charge in [-0.05, 0) is 62.6 Å². The van der Waals surface area contributed by atoms with E-state index in [4.69, 9.17) is 4.74 Å². The molecule has 150 valence electrons. The summed E-state index contributed by atoms with van der Waals surface area (Å²) < 4.78 is 5.96. The minimum Gasteiger partial charge on any atom is -0.372 e. The first-order chi connectivity index (χ1) is 13.7. The van der Waals surface area contributed by atoms with Crippen LogP contribution in [0.15, 0.2) is 48.8 Å². The van der Waals surface area contributed by atoms with E-state index in [1.165, 1.54) is 42.5 Å². The Hall–Kier alpha value is -1.91. The first kappa shape index (κ1) is 19.4. The van der Waals surface area contributed by atoms with Crippen LogP contribution in [-0.2, 0) is 11.3 Å². The van der Waals surface area contributed by atoms with Crippen LogP contribution in [0.4, 0.5) is 5.69 Å². The Kier molecular flexibility index (Phi) is 6.28. The van der Waals surface area contributed by atoms with Gasteiger partial charge in [-0.2, -0.15) is 0 Å². The van der Waals surface area contributed by atoms with Crippen LogP contribution in [0.5, 0.6) is 0 Å². The fraction of sp³-hybridized carbons (Fsp3) is 0.542. The highest BCUT2D eigenvalue weighted by Crippen LogP contribution is 2.33. The Balaban J connectivity index is 1.58. The number of morpholine rings is 1. The van der Waals surface area contributed by atoms with Crippen LogP contribution in [-0.4, -0.2) is 41.7 Å². The number of likely N-dealkylation sites (tertiary alicyclic amines) is 1. The first-order valence-electron chi connectivity index (χ1n) is 10.8. The van der Waals surface area contributed by atoms with Crippen LogP contribution in [0.3, 0.4) is 0 Å². The second-order valence-corrected chi connectivity index (χ2v) is 8.41. The summed E-state index contributed by atoms with van der Waals surface area (Å²) in [5, 5.41) is 0. The molecule has 1 aromatic carbocycles. The highest BCUT2D eigenvalue weighted by Gasteiger charge is 2.26. The maximum absolute atomic E-state index is 5.96. The lowest BCUT2D eigenvalue weighted by molar-refractivity contribution is -0.00530. The normalized spacial score (nSPS) is 26.8. The van der Waals surface area contributed by atoms with Crippen LogP contribution in [0.1, 0.15) is 56.7 Å². The molecule has 28 heavy (non-hydrogen) atoms. The molecule has 3 heterocycles. The van der Waals surface area contributed by atoms with Gasteiger partial charge in [-0.15, -0.1) is 0 Å². The van der Waals surface area contributed by atoms with Gasteiger partial charge in [0.25, 0.3) is 0 Å². The zero-order valence-electron chi connectivity index (χ0n) is 17.3. The Morgan fingerprint density at radius 3 is 2.50 bits per heavy atom. The molecule has 2 aliphatic heterocycles. The van der Waals surface area contributed by atoms with Crippen molar-refractivity contribution in [3.8, 4) is 0 Å². The molecule has 0 radical (unpaired) electrons. The third kappa shape index (κ3) is 4.56. The maximum Gasteiger partial charge on any atom is 0.0726 e. The summed E-state index contributed by atoms with van der Waals surface area (Å²) in [6, 6.07) is 13.8. The van der Waals surface area contributed by atoms with Gasteiger partial charge in [-0.3, -0.25) is 9.88 Å². The Labute approximate surface area is 169 Å². The summed E-state index contributed by atoms with van der Waals surface area (Å²) in [6.45, 7) is 8.46. The molecule has 0 saturated carbocycles. The van der Waals surface area contributed by atoms with Crippen molar-refractivity contribution >= 4 is 5.69 Å². The SMILES string of the molecule is CC1CN(c2ccccc2CN2CCCCCC2c2ccncc2)CC(C)O1. The van der Waals surface area contributed by atoms with Gasteiger partial charge in [0.05, 0.1) is 12.2 Å². The third-order valence-electron chi connectivity index (χ3n) is 6.08. The lowest BCUT2D eigenvalue weighted by Crippen LogP contribution is -2.46. The predicted octanol–water partition coefficient (Wildman–Crippen LogP) is 4.81. The largest absolute Gasteiger partial charge is 0.372 e. The van der Waals surface area contributed by atoms with Crippen molar-refractivity contribution in [2.24, 2.45) is 0 Å². The molecule has 0 N–H and O–H groups in total. The smallest absolute Gasteiger partial charge is 0.0726 e. The van der Waals surface area contributed by atoms with Crippen molar-refractivity contribution in [1.29, 1.82) is 0 Å². The zero-order chi connectivity index (χ0) is 19.3. The number of ether oxygens (including phenoxy) is 1. The molecular formula is C24H33N3O. The van der Waals surface area contributed by atoms with Crippen LogP contribution in [0.25, 0.3) is 0 Å². The molecule has 1 aromatic heterocycles. The van der Waals surface area contributed by atoms with Gasteiger partial charge in [-0.1, -0.05) is 31.0 Å². The average molecular weight is 380 g/mol. The summed E-state index contributed by atoms with van der Waals surface area (Å²) in [7, 11) is 0. The minimum atomic E-state index is 0.277. The van der Waals surface area contributed by atoms with Gasteiger partial charge in [0, 0.05) is 43.8 Å². The summed E-state index contributed by atoms with van der Waals surface area (Å²) in [5.74, 6) is 0. The highest BCUT2D eigenvalue weighted by atomic mass is 16.5. The van der Waals surface area contributed by atoms with Gasteiger partial charge >= 0.3 is 0 Å². The van der Waals surface area contributed by atoms with Gasteiger partial charge < -0.3 is 9.64 Å². The molecule has 2 saturated heterocycles. The van der Waals surface area contributed by atoms with Gasteiger partial charge in [0.15, 0.2) is 0 Å². The number of benzene rings is 1. The fourth-order valence-corrected chi connectivity index (χ4v) is 4.87. The van der Waals surface area contributed by atoms with Crippen LogP contribution >= 0.6 is 0 Å². The second-order valence-electron chi connectivity index (χ2n) is 8.41. The lowest BCUT2D eigenvalue weighted by atomic mass is 10.0. The van der Waals surface area contributed by atoms with Crippen molar-refractivity contribution in [2.45, 2.75) is 64.3 Å². The number of aromatic nitrogens is 1. The van der Waals surface area contributed by atoms with Crippen molar-refractivity contribution in [2.75, 3.05) is 24.5 Å². The first-order valence-corrected chi connectivity index (χ1v) is 10.8. The number of para-hydroxylation sites is 1. The molecule has 2 aromatic rings. The van der Waals surface area contributed by atoms with Crippen LogP contribution < -0.4 is 4.90 Å². The zero-order valence-corrected chi connectivity index (χ0v) is 17.3. The fourth-order valence-electron chi connectivity index (χ4n) is 4.87. The number of hydrogen-bond acceptors (Lipinski definition) is 4. The highest BCUT2D eigenvalue weighted by molar-refractivity contribution is 5.54. The van der Waals surface area contributed by atoms with E-state index in [9.17, 15) is 0 Å². The predicted molar refractivity (Wildman–Crippen MR) is 115 cm³/mol. The number of nitrogens with zero attached hydrogens (tertiary/aromatic N) is 3. The summed E-state index contributed by atoms with van der Waals surface area (Å²) >= 11 is 0. The van der Waals surface area contributed by atoms with E-state index < -0.39 is 0 Å². The number of rotatable bonds is 4. The molecule has 0 spiro atoms. The summed E-state index contributed by atoms with van der Waals surface area (Å²) in [5.41, 5.74) is 4.22. The quantitative estimate of drug-likeness (QED) is 0.762. The topological polar surface area (TPSA) is 28.6 Å². The Morgan fingerprint density at radius 1 is 0.964 bits per heavy atom. The van der Waals surface area contributed by atoms with Gasteiger partial charge in [0.1, 0.15) is 0 Å². The van der Waals surface area contributed by atoms with E-state index in [1.807, 2.05) is 12.4 Å². The van der Waals surface area contributed by atoms with Crippen molar-refractivity contribution in [3.05, 3.63) is 59.9 Å². The lowest BCUT2D eigenvalue weighted by Gasteiger charge is -2.39. The molecule has 4 rings (SSSR count). The van der Waals surface area contributed by atoms with Gasteiger partial charge in [0.2, 0.25) is 0 Å². The Bertz CT molecular complexity index is 741.